The standard InChI is InChI=1S/C19H20N4O4S/c1-27-14-6-2-12(3-7-14)8-20-16(24)10-22-19(26)18-15(9-21-22)28-11-17(25)23(18)13-4-5-13/h2-3,6-7,9,13H,4-5,8,10-11H2,1H3,(H,20,24). The zero-order valence-corrected chi connectivity index (χ0v) is 16.2. The number of hydrogen-bond acceptors (Lipinski definition) is 6. The smallest absolute Gasteiger partial charge is 0.292 e. The second-order valence-electron chi connectivity index (χ2n) is 6.73. The fourth-order valence-electron chi connectivity index (χ4n) is 3.09. The quantitative estimate of drug-likeness (QED) is 0.782. The number of ether oxygens (including phenoxy) is 1. The number of nitrogens with one attached hydrogen (secondary N) is 1. The van der Waals surface area contributed by atoms with Gasteiger partial charge in [-0.1, -0.05) is 12.1 Å². The average Bonchev–Trinajstić information content (AvgIpc) is 3.54. The number of hydrogen-bond donors (Lipinski definition) is 1. The highest BCUT2D eigenvalue weighted by atomic mass is 32.2. The maximum atomic E-state index is 12.9. The molecule has 2 heterocycles. The van der Waals surface area contributed by atoms with Gasteiger partial charge in [-0.15, -0.1) is 11.8 Å². The Bertz CT molecular complexity index is 969. The second kappa shape index (κ2) is 7.67. The van der Waals surface area contributed by atoms with Gasteiger partial charge < -0.3 is 15.0 Å². The molecule has 1 saturated carbocycles. The number of methoxy groups -OCH3 is 1. The zero-order chi connectivity index (χ0) is 19.7. The van der Waals surface area contributed by atoms with E-state index in [1.54, 1.807) is 18.2 Å². The maximum absolute atomic E-state index is 12.9. The van der Waals surface area contributed by atoms with Gasteiger partial charge in [-0.3, -0.25) is 14.4 Å². The van der Waals surface area contributed by atoms with Crippen molar-refractivity contribution in [2.45, 2.75) is 36.9 Å². The van der Waals surface area contributed by atoms with E-state index in [0.29, 0.717) is 22.9 Å². The van der Waals surface area contributed by atoms with E-state index in [1.807, 2.05) is 24.3 Å². The summed E-state index contributed by atoms with van der Waals surface area (Å²) in [6.45, 7) is 0.144. The van der Waals surface area contributed by atoms with Crippen LogP contribution in [0.1, 0.15) is 18.4 Å². The summed E-state index contributed by atoms with van der Waals surface area (Å²) in [4.78, 5) is 39.8. The Labute approximate surface area is 165 Å². The monoisotopic (exact) mass is 400 g/mol. The fourth-order valence-corrected chi connectivity index (χ4v) is 3.95. The van der Waals surface area contributed by atoms with Crippen LogP contribution in [0.3, 0.4) is 0 Å². The van der Waals surface area contributed by atoms with E-state index in [4.69, 9.17) is 4.74 Å². The third kappa shape index (κ3) is 3.75. The van der Waals surface area contributed by atoms with Gasteiger partial charge in [0, 0.05) is 12.6 Å². The first-order chi connectivity index (χ1) is 13.6. The van der Waals surface area contributed by atoms with Crippen molar-refractivity contribution in [1.29, 1.82) is 0 Å². The van der Waals surface area contributed by atoms with Crippen LogP contribution in [0.25, 0.3) is 0 Å². The molecular formula is C19H20N4O4S. The number of carbonyl (C=O) groups excluding carboxylic acids is 2. The van der Waals surface area contributed by atoms with Crippen LogP contribution >= 0.6 is 11.8 Å². The highest BCUT2D eigenvalue weighted by Gasteiger charge is 2.39. The van der Waals surface area contributed by atoms with Crippen molar-refractivity contribution >= 4 is 29.3 Å². The SMILES string of the molecule is COc1ccc(CNC(=O)Cn2ncc3c(c2=O)N(C2CC2)C(=O)CS3)cc1. The minimum atomic E-state index is -0.399. The van der Waals surface area contributed by atoms with Gasteiger partial charge in [-0.2, -0.15) is 5.10 Å². The van der Waals surface area contributed by atoms with Crippen LogP contribution in [0.15, 0.2) is 40.2 Å². The largest absolute Gasteiger partial charge is 0.497 e. The fraction of sp³-hybridized carbons (Fsp3) is 0.368. The van der Waals surface area contributed by atoms with Gasteiger partial charge in [0.25, 0.3) is 5.56 Å². The molecule has 9 heteroatoms. The van der Waals surface area contributed by atoms with E-state index in [-0.39, 0.29) is 24.4 Å². The summed E-state index contributed by atoms with van der Waals surface area (Å²) in [6.07, 6.45) is 3.37. The van der Waals surface area contributed by atoms with Crippen LogP contribution in [0.5, 0.6) is 5.75 Å². The van der Waals surface area contributed by atoms with E-state index in [2.05, 4.69) is 10.4 Å². The third-order valence-electron chi connectivity index (χ3n) is 4.70. The van der Waals surface area contributed by atoms with Gasteiger partial charge >= 0.3 is 0 Å². The number of benzene rings is 1. The first-order valence-corrected chi connectivity index (χ1v) is 10.00. The Morgan fingerprint density at radius 2 is 2.04 bits per heavy atom. The molecule has 2 aliphatic rings. The Kier molecular flexibility index (Phi) is 5.08. The number of carbonyl (C=O) groups is 2. The summed E-state index contributed by atoms with van der Waals surface area (Å²) in [5.41, 5.74) is 0.882. The first kappa shape index (κ1) is 18.5. The third-order valence-corrected chi connectivity index (χ3v) is 5.70. The molecule has 0 radical (unpaired) electrons. The molecule has 0 unspecified atom stereocenters. The van der Waals surface area contributed by atoms with Gasteiger partial charge in [0.05, 0.1) is 24.0 Å². The van der Waals surface area contributed by atoms with Crippen LogP contribution in [0.2, 0.25) is 0 Å². The number of fused-ring (bicyclic) bond motifs is 1. The van der Waals surface area contributed by atoms with Gasteiger partial charge in [0.1, 0.15) is 18.0 Å². The van der Waals surface area contributed by atoms with Crippen LogP contribution in [-0.2, 0) is 22.7 Å². The minimum Gasteiger partial charge on any atom is -0.497 e. The summed E-state index contributed by atoms with van der Waals surface area (Å²) < 4.78 is 6.23. The molecule has 2 amide bonds. The Morgan fingerprint density at radius 3 is 2.71 bits per heavy atom. The zero-order valence-electron chi connectivity index (χ0n) is 15.4. The van der Waals surface area contributed by atoms with Crippen molar-refractivity contribution in [3.63, 3.8) is 0 Å². The number of nitrogens with zero attached hydrogens (tertiary/aromatic N) is 3. The highest BCUT2D eigenvalue weighted by molar-refractivity contribution is 8.00. The van der Waals surface area contributed by atoms with Crippen LogP contribution in [0, 0.1) is 0 Å². The van der Waals surface area contributed by atoms with E-state index >= 15 is 0 Å². The molecule has 4 rings (SSSR count). The van der Waals surface area contributed by atoms with E-state index in [1.165, 1.54) is 11.8 Å². The highest BCUT2D eigenvalue weighted by Crippen LogP contribution is 2.38. The molecule has 0 spiro atoms. The Morgan fingerprint density at radius 1 is 1.29 bits per heavy atom. The number of rotatable bonds is 6. The molecular weight excluding hydrogens is 380 g/mol. The van der Waals surface area contributed by atoms with E-state index in [0.717, 1.165) is 28.8 Å². The molecule has 0 saturated heterocycles. The molecule has 146 valence electrons. The van der Waals surface area contributed by atoms with Gasteiger partial charge in [-0.25, -0.2) is 4.68 Å². The normalized spacial score (nSPS) is 15.9. The molecule has 28 heavy (non-hydrogen) atoms. The Balaban J connectivity index is 1.46. The van der Waals surface area contributed by atoms with Gasteiger partial charge in [-0.05, 0) is 30.5 Å². The molecule has 0 bridgehead atoms. The number of amides is 2. The van der Waals surface area contributed by atoms with Crippen molar-refractivity contribution in [2.24, 2.45) is 0 Å². The lowest BCUT2D eigenvalue weighted by Crippen LogP contribution is -2.43. The average molecular weight is 400 g/mol. The summed E-state index contributed by atoms with van der Waals surface area (Å²) in [6, 6.07) is 7.45. The maximum Gasteiger partial charge on any atom is 0.292 e. The molecule has 8 nitrogen and oxygen atoms in total. The van der Waals surface area contributed by atoms with Crippen LogP contribution in [-0.4, -0.2) is 40.5 Å². The molecule has 1 aliphatic heterocycles. The van der Waals surface area contributed by atoms with E-state index in [9.17, 15) is 14.4 Å². The lowest BCUT2D eigenvalue weighted by atomic mass is 10.2. The molecule has 1 aromatic carbocycles. The van der Waals surface area contributed by atoms with Crippen molar-refractivity contribution < 1.29 is 14.3 Å². The summed E-state index contributed by atoms with van der Waals surface area (Å²) in [7, 11) is 1.59. The topological polar surface area (TPSA) is 93.5 Å². The Hall–Kier alpha value is -2.81. The molecule has 1 aromatic heterocycles. The predicted octanol–water partition coefficient (Wildman–Crippen LogP) is 1.17. The van der Waals surface area contributed by atoms with Crippen LogP contribution < -0.4 is 20.5 Å². The molecule has 1 aliphatic carbocycles. The number of anilines is 1. The van der Waals surface area contributed by atoms with Gasteiger partial charge in [0.2, 0.25) is 11.8 Å². The number of thioether (sulfide) groups is 1. The first-order valence-electron chi connectivity index (χ1n) is 9.01. The molecule has 1 N–H and O–H groups in total. The summed E-state index contributed by atoms with van der Waals surface area (Å²) in [5.74, 6) is 0.682. The lowest BCUT2D eigenvalue weighted by molar-refractivity contribution is -0.122. The van der Waals surface area contributed by atoms with Crippen molar-refractivity contribution in [2.75, 3.05) is 17.8 Å². The predicted molar refractivity (Wildman–Crippen MR) is 105 cm³/mol. The van der Waals surface area contributed by atoms with Crippen molar-refractivity contribution in [1.82, 2.24) is 15.1 Å². The minimum absolute atomic E-state index is 0.0567. The number of aromatic nitrogens is 2. The van der Waals surface area contributed by atoms with Gasteiger partial charge in [0.15, 0.2) is 0 Å². The lowest BCUT2D eigenvalue weighted by Gasteiger charge is -2.28. The molecule has 2 aromatic rings. The van der Waals surface area contributed by atoms with Crippen LogP contribution in [0.4, 0.5) is 5.69 Å². The molecule has 0 atom stereocenters. The summed E-state index contributed by atoms with van der Waals surface area (Å²) in [5, 5.41) is 6.90. The van der Waals surface area contributed by atoms with Crippen molar-refractivity contribution in [3.05, 3.63) is 46.4 Å². The summed E-state index contributed by atoms with van der Waals surface area (Å²) >= 11 is 1.32. The van der Waals surface area contributed by atoms with E-state index < -0.39 is 5.56 Å². The second-order valence-corrected chi connectivity index (χ2v) is 7.75. The molecule has 1 fully saturated rings. The van der Waals surface area contributed by atoms with Crippen molar-refractivity contribution in [3.8, 4) is 5.75 Å².